The fraction of sp³-hybridized carbons (Fsp3) is 0.750. The summed E-state index contributed by atoms with van der Waals surface area (Å²) >= 11 is 1.68. The number of nitrogens with zero attached hydrogens (tertiary/aromatic N) is 1. The predicted molar refractivity (Wildman–Crippen MR) is 65.0 cm³/mol. The van der Waals surface area contributed by atoms with Crippen molar-refractivity contribution in [1.29, 1.82) is 0 Å². The molecule has 1 aromatic heterocycles. The van der Waals surface area contributed by atoms with Gasteiger partial charge in [0.05, 0.1) is 11.2 Å². The molecule has 0 aromatic carbocycles. The first-order chi connectivity index (χ1) is 7.18. The van der Waals surface area contributed by atoms with Crippen molar-refractivity contribution in [1.82, 2.24) is 10.3 Å². The third-order valence-electron chi connectivity index (χ3n) is 3.82. The molecule has 15 heavy (non-hydrogen) atoms. The highest BCUT2D eigenvalue weighted by Crippen LogP contribution is 2.32. The van der Waals surface area contributed by atoms with Crippen LogP contribution in [0.4, 0.5) is 0 Å². The molecule has 0 saturated heterocycles. The predicted octanol–water partition coefficient (Wildman–Crippen LogP) is 3.23. The topological polar surface area (TPSA) is 24.9 Å². The first kappa shape index (κ1) is 11.1. The summed E-state index contributed by atoms with van der Waals surface area (Å²) in [6.07, 6.45) is 2.68. The molecule has 1 fully saturated rings. The molecule has 0 bridgehead atoms. The molecule has 0 spiro atoms. The lowest BCUT2D eigenvalue weighted by Crippen LogP contribution is -2.34. The van der Waals surface area contributed by atoms with Gasteiger partial charge in [-0.1, -0.05) is 13.8 Å². The highest BCUT2D eigenvalue weighted by Gasteiger charge is 2.30. The Balaban J connectivity index is 1.92. The van der Waals surface area contributed by atoms with Crippen molar-refractivity contribution in [2.24, 2.45) is 11.8 Å². The number of rotatable bonds is 3. The van der Waals surface area contributed by atoms with Gasteiger partial charge in [-0.2, -0.15) is 0 Å². The molecule has 3 heteroatoms. The summed E-state index contributed by atoms with van der Waals surface area (Å²) in [7, 11) is 0. The fourth-order valence-electron chi connectivity index (χ4n) is 2.44. The maximum atomic E-state index is 4.36. The molecule has 1 aliphatic rings. The van der Waals surface area contributed by atoms with Crippen molar-refractivity contribution in [2.75, 3.05) is 0 Å². The molecule has 0 radical (unpaired) electrons. The highest BCUT2D eigenvalue weighted by molar-refractivity contribution is 7.07. The van der Waals surface area contributed by atoms with E-state index < -0.39 is 0 Å². The summed E-state index contributed by atoms with van der Waals surface area (Å²) in [5, 5.41) is 5.85. The quantitative estimate of drug-likeness (QED) is 0.852. The van der Waals surface area contributed by atoms with E-state index in [-0.39, 0.29) is 0 Å². The lowest BCUT2D eigenvalue weighted by atomic mass is 9.97. The first-order valence-electron chi connectivity index (χ1n) is 5.82. The molecule has 2 nitrogen and oxygen atoms in total. The zero-order chi connectivity index (χ0) is 10.8. The molecule has 1 N–H and O–H groups in total. The van der Waals surface area contributed by atoms with Crippen LogP contribution in [0.2, 0.25) is 0 Å². The molecule has 1 aliphatic carbocycles. The van der Waals surface area contributed by atoms with Gasteiger partial charge in [0.2, 0.25) is 0 Å². The van der Waals surface area contributed by atoms with Crippen LogP contribution in [-0.4, -0.2) is 11.0 Å². The van der Waals surface area contributed by atoms with E-state index in [0.29, 0.717) is 12.1 Å². The van der Waals surface area contributed by atoms with E-state index in [1.165, 1.54) is 18.5 Å². The lowest BCUT2D eigenvalue weighted by Gasteiger charge is -2.23. The van der Waals surface area contributed by atoms with Crippen LogP contribution in [0.3, 0.4) is 0 Å². The van der Waals surface area contributed by atoms with Gasteiger partial charge < -0.3 is 5.32 Å². The Kier molecular flexibility index (Phi) is 3.42. The monoisotopic (exact) mass is 224 g/mol. The van der Waals surface area contributed by atoms with E-state index in [0.717, 1.165) is 11.8 Å². The zero-order valence-electron chi connectivity index (χ0n) is 9.73. The molecule has 0 aliphatic heterocycles. The van der Waals surface area contributed by atoms with Gasteiger partial charge in [0, 0.05) is 17.5 Å². The maximum absolute atomic E-state index is 4.36. The van der Waals surface area contributed by atoms with E-state index in [4.69, 9.17) is 0 Å². The number of hydrogen-bond acceptors (Lipinski definition) is 3. The van der Waals surface area contributed by atoms with Crippen LogP contribution in [-0.2, 0) is 0 Å². The minimum absolute atomic E-state index is 0.397. The summed E-state index contributed by atoms with van der Waals surface area (Å²) in [5.74, 6) is 1.66. The lowest BCUT2D eigenvalue weighted by molar-refractivity contribution is 0.345. The van der Waals surface area contributed by atoms with Crippen molar-refractivity contribution in [3.8, 4) is 0 Å². The smallest absolute Gasteiger partial charge is 0.0795 e. The van der Waals surface area contributed by atoms with Crippen molar-refractivity contribution >= 4 is 11.3 Å². The third kappa shape index (κ3) is 2.40. The Morgan fingerprint density at radius 1 is 1.47 bits per heavy atom. The van der Waals surface area contributed by atoms with Crippen LogP contribution in [0.5, 0.6) is 0 Å². The average molecular weight is 224 g/mol. The van der Waals surface area contributed by atoms with Crippen LogP contribution in [0.15, 0.2) is 10.9 Å². The van der Waals surface area contributed by atoms with E-state index in [2.05, 4.69) is 36.5 Å². The summed E-state index contributed by atoms with van der Waals surface area (Å²) < 4.78 is 0. The fourth-order valence-corrected chi connectivity index (χ4v) is 3.09. The van der Waals surface area contributed by atoms with Crippen LogP contribution < -0.4 is 5.32 Å². The van der Waals surface area contributed by atoms with Crippen LogP contribution in [0.25, 0.3) is 0 Å². The largest absolute Gasteiger partial charge is 0.306 e. The Labute approximate surface area is 96.1 Å². The second-order valence-electron chi connectivity index (χ2n) is 4.82. The molecule has 4 atom stereocenters. The number of thiazole rings is 1. The maximum Gasteiger partial charge on any atom is 0.0795 e. The van der Waals surface area contributed by atoms with Gasteiger partial charge in [-0.25, -0.2) is 4.98 Å². The zero-order valence-corrected chi connectivity index (χ0v) is 10.6. The number of aromatic nitrogens is 1. The average Bonchev–Trinajstić information content (AvgIpc) is 2.83. The number of nitrogens with one attached hydrogen (secondary N) is 1. The number of hydrogen-bond donors (Lipinski definition) is 1. The van der Waals surface area contributed by atoms with Gasteiger partial charge >= 0.3 is 0 Å². The van der Waals surface area contributed by atoms with Gasteiger partial charge in [0.1, 0.15) is 0 Å². The molecular formula is C12H20N2S. The van der Waals surface area contributed by atoms with Gasteiger partial charge in [-0.15, -0.1) is 11.3 Å². The Bertz CT molecular complexity index is 297. The Morgan fingerprint density at radius 2 is 2.27 bits per heavy atom. The van der Waals surface area contributed by atoms with E-state index in [1.54, 1.807) is 11.3 Å². The van der Waals surface area contributed by atoms with Crippen molar-refractivity contribution < 1.29 is 0 Å². The van der Waals surface area contributed by atoms with Gasteiger partial charge in [-0.05, 0) is 31.6 Å². The Hall–Kier alpha value is -0.410. The van der Waals surface area contributed by atoms with Crippen LogP contribution in [0.1, 0.15) is 45.3 Å². The second kappa shape index (κ2) is 4.62. The van der Waals surface area contributed by atoms with Gasteiger partial charge in [0.15, 0.2) is 0 Å². The minimum Gasteiger partial charge on any atom is -0.306 e. The van der Waals surface area contributed by atoms with Crippen molar-refractivity contribution in [3.63, 3.8) is 0 Å². The normalized spacial score (nSPS) is 33.1. The molecule has 1 aromatic rings. The minimum atomic E-state index is 0.397. The van der Waals surface area contributed by atoms with Crippen LogP contribution >= 0.6 is 11.3 Å². The second-order valence-corrected chi connectivity index (χ2v) is 5.54. The summed E-state index contributed by atoms with van der Waals surface area (Å²) in [4.78, 5) is 4.36. The Morgan fingerprint density at radius 3 is 2.80 bits per heavy atom. The van der Waals surface area contributed by atoms with Gasteiger partial charge in [-0.3, -0.25) is 0 Å². The molecule has 1 saturated carbocycles. The third-order valence-corrected chi connectivity index (χ3v) is 4.43. The van der Waals surface area contributed by atoms with E-state index >= 15 is 0 Å². The first-order valence-corrected chi connectivity index (χ1v) is 6.77. The summed E-state index contributed by atoms with van der Waals surface area (Å²) in [6, 6.07) is 1.07. The molecule has 84 valence electrons. The molecule has 4 unspecified atom stereocenters. The van der Waals surface area contributed by atoms with Crippen LogP contribution in [0, 0.1) is 11.8 Å². The van der Waals surface area contributed by atoms with Crippen molar-refractivity contribution in [3.05, 3.63) is 16.6 Å². The SMILES string of the molecule is CC(NC1CCC(C)C1C)c1cscn1. The standard InChI is InChI=1S/C12H20N2S/c1-8-4-5-11(9(8)2)14-10(3)12-6-15-7-13-12/h6-11,14H,4-5H2,1-3H3. The summed E-state index contributed by atoms with van der Waals surface area (Å²) in [5.41, 5.74) is 3.10. The van der Waals surface area contributed by atoms with E-state index in [1.807, 2.05) is 5.51 Å². The highest BCUT2D eigenvalue weighted by atomic mass is 32.1. The molecule has 0 amide bonds. The molecule has 1 heterocycles. The summed E-state index contributed by atoms with van der Waals surface area (Å²) in [6.45, 7) is 6.94. The van der Waals surface area contributed by atoms with Crippen molar-refractivity contribution in [2.45, 2.75) is 45.7 Å². The molecular weight excluding hydrogens is 204 g/mol. The van der Waals surface area contributed by atoms with Gasteiger partial charge in [0.25, 0.3) is 0 Å². The van der Waals surface area contributed by atoms with E-state index in [9.17, 15) is 0 Å². The molecule has 2 rings (SSSR count).